The summed E-state index contributed by atoms with van der Waals surface area (Å²) in [6.45, 7) is 0.0155. The third-order valence-electron chi connectivity index (χ3n) is 4.86. The average Bonchev–Trinajstić information content (AvgIpc) is 3.36. The summed E-state index contributed by atoms with van der Waals surface area (Å²) >= 11 is 1.60. The maximum absolute atomic E-state index is 12.9. The van der Waals surface area contributed by atoms with Gasteiger partial charge in [-0.15, -0.1) is 11.3 Å². The predicted molar refractivity (Wildman–Crippen MR) is 107 cm³/mol. The summed E-state index contributed by atoms with van der Waals surface area (Å²) in [6, 6.07) is 11.5. The van der Waals surface area contributed by atoms with Crippen LogP contribution in [0.4, 0.5) is 0 Å². The molecule has 8 heteroatoms. The molecule has 1 aliphatic rings. The molecule has 2 aromatic heterocycles. The summed E-state index contributed by atoms with van der Waals surface area (Å²) in [4.78, 5) is 35.9. The minimum Gasteiger partial charge on any atom is -0.505 e. The molecular weight excluding hydrogens is 390 g/mol. The normalized spacial score (nSPS) is 13.3. The summed E-state index contributed by atoms with van der Waals surface area (Å²) in [7, 11) is 0. The van der Waals surface area contributed by atoms with E-state index in [0.29, 0.717) is 0 Å². The van der Waals surface area contributed by atoms with Gasteiger partial charge in [0, 0.05) is 17.3 Å². The molecule has 2 N–H and O–H groups in total. The summed E-state index contributed by atoms with van der Waals surface area (Å²) in [5, 5.41) is 23.0. The molecule has 2 aromatic carbocycles. The van der Waals surface area contributed by atoms with Crippen LogP contribution in [0.3, 0.4) is 0 Å². The molecule has 3 heterocycles. The molecule has 0 aliphatic carbocycles. The highest BCUT2D eigenvalue weighted by Gasteiger charge is 2.42. The van der Waals surface area contributed by atoms with Crippen LogP contribution < -0.4 is 0 Å². The molecule has 0 saturated heterocycles. The van der Waals surface area contributed by atoms with Gasteiger partial charge in [-0.3, -0.25) is 14.5 Å². The van der Waals surface area contributed by atoms with E-state index in [-0.39, 0.29) is 28.7 Å². The first-order chi connectivity index (χ1) is 14.1. The van der Waals surface area contributed by atoms with Gasteiger partial charge in [0.25, 0.3) is 11.8 Å². The van der Waals surface area contributed by atoms with Gasteiger partial charge >= 0.3 is 0 Å². The quantitative estimate of drug-likeness (QED) is 0.400. The van der Waals surface area contributed by atoms with E-state index in [1.54, 1.807) is 11.3 Å². The molecule has 0 spiro atoms. The monoisotopic (exact) mass is 403 g/mol. The van der Waals surface area contributed by atoms with Crippen LogP contribution in [0, 0.1) is 0 Å². The molecule has 0 fully saturated rings. The zero-order chi connectivity index (χ0) is 20.1. The van der Waals surface area contributed by atoms with Crippen molar-refractivity contribution in [1.29, 1.82) is 0 Å². The first-order valence-corrected chi connectivity index (χ1v) is 9.62. The number of phenolic OH excluding ortho intramolecular Hbond substituents is 2. The van der Waals surface area contributed by atoms with Crippen LogP contribution in [-0.2, 0) is 6.54 Å². The van der Waals surface area contributed by atoms with Crippen LogP contribution in [0.15, 0.2) is 54.2 Å². The fraction of sp³-hybridized carbons (Fsp3) is 0.0476. The van der Waals surface area contributed by atoms with Crippen LogP contribution in [-0.4, -0.2) is 36.9 Å². The number of benzene rings is 2. The summed E-state index contributed by atoms with van der Waals surface area (Å²) < 4.78 is 0. The van der Waals surface area contributed by atoms with Gasteiger partial charge in [-0.25, -0.2) is 9.97 Å². The topological polar surface area (TPSA) is 104 Å². The van der Waals surface area contributed by atoms with Crippen molar-refractivity contribution in [2.45, 2.75) is 6.54 Å². The maximum Gasteiger partial charge on any atom is 0.265 e. The Kier molecular flexibility index (Phi) is 3.82. The summed E-state index contributed by atoms with van der Waals surface area (Å²) in [5.74, 6) is -2.25. The highest BCUT2D eigenvalue weighted by Crippen LogP contribution is 2.42. The number of amides is 2. The molecule has 4 aromatic rings. The summed E-state index contributed by atoms with van der Waals surface area (Å²) in [5.41, 5.74) is 1.21. The molecular formula is C21H13N3O4S. The molecule has 5 rings (SSSR count). The fourth-order valence-corrected chi connectivity index (χ4v) is 4.25. The standard InChI is InChI=1S/C21H13N3O4S/c25-18-14-15(19(26)17-16(18)22-6-7-23-17)21(28)24(20(14)27)10-11-3-1-4-12(9-11)13-5-2-8-29-13/h1-9,25-26H,10H2. The first kappa shape index (κ1) is 17.3. The molecule has 2 amide bonds. The minimum absolute atomic E-state index is 0.0155. The molecule has 0 saturated carbocycles. The third kappa shape index (κ3) is 2.57. The number of nitrogens with zero attached hydrogens (tertiary/aromatic N) is 3. The van der Waals surface area contributed by atoms with E-state index in [9.17, 15) is 19.8 Å². The Labute approximate surface area is 168 Å². The number of hydrogen-bond acceptors (Lipinski definition) is 7. The number of carbonyl (C=O) groups excluding carboxylic acids is 2. The van der Waals surface area contributed by atoms with Crippen LogP contribution in [0.5, 0.6) is 11.5 Å². The Hall–Kier alpha value is -3.78. The lowest BCUT2D eigenvalue weighted by Crippen LogP contribution is -2.29. The van der Waals surface area contributed by atoms with Crippen molar-refractivity contribution in [3.05, 3.63) is 70.9 Å². The van der Waals surface area contributed by atoms with Gasteiger partial charge in [0.2, 0.25) is 0 Å². The van der Waals surface area contributed by atoms with Crippen molar-refractivity contribution >= 4 is 34.2 Å². The van der Waals surface area contributed by atoms with Gasteiger partial charge in [0.1, 0.15) is 22.2 Å². The Balaban J connectivity index is 1.56. The number of thiophene rings is 1. The second kappa shape index (κ2) is 6.39. The Morgan fingerprint density at radius 3 is 2.14 bits per heavy atom. The number of aromatic hydroxyl groups is 2. The van der Waals surface area contributed by atoms with Gasteiger partial charge in [-0.05, 0) is 28.6 Å². The zero-order valence-electron chi connectivity index (χ0n) is 14.9. The maximum atomic E-state index is 12.9. The second-order valence-corrected chi connectivity index (χ2v) is 7.52. The van der Waals surface area contributed by atoms with Crippen molar-refractivity contribution in [3.8, 4) is 21.9 Å². The molecule has 29 heavy (non-hydrogen) atoms. The molecule has 0 radical (unpaired) electrons. The van der Waals surface area contributed by atoms with Crippen LogP contribution in [0.25, 0.3) is 21.5 Å². The zero-order valence-corrected chi connectivity index (χ0v) is 15.7. The smallest absolute Gasteiger partial charge is 0.265 e. The fourth-order valence-electron chi connectivity index (χ4n) is 3.53. The van der Waals surface area contributed by atoms with E-state index in [4.69, 9.17) is 0 Å². The SMILES string of the molecule is O=C1c2c(c(O)c3nccnc3c2O)C(=O)N1Cc1cccc(-c2cccs2)c1. The number of rotatable bonds is 3. The van der Waals surface area contributed by atoms with Gasteiger partial charge in [0.05, 0.1) is 6.54 Å². The van der Waals surface area contributed by atoms with Crippen molar-refractivity contribution in [2.75, 3.05) is 0 Å². The van der Waals surface area contributed by atoms with Crippen molar-refractivity contribution in [3.63, 3.8) is 0 Å². The van der Waals surface area contributed by atoms with E-state index in [1.807, 2.05) is 41.8 Å². The highest BCUT2D eigenvalue weighted by molar-refractivity contribution is 7.13. The lowest BCUT2D eigenvalue weighted by atomic mass is 10.1. The third-order valence-corrected chi connectivity index (χ3v) is 5.78. The lowest BCUT2D eigenvalue weighted by molar-refractivity contribution is 0.0641. The van der Waals surface area contributed by atoms with Crippen LogP contribution >= 0.6 is 11.3 Å². The Morgan fingerprint density at radius 2 is 1.55 bits per heavy atom. The van der Waals surface area contributed by atoms with Crippen molar-refractivity contribution in [2.24, 2.45) is 0 Å². The molecule has 0 atom stereocenters. The van der Waals surface area contributed by atoms with Crippen molar-refractivity contribution < 1.29 is 19.8 Å². The second-order valence-electron chi connectivity index (χ2n) is 6.57. The van der Waals surface area contributed by atoms with Gasteiger partial charge in [0.15, 0.2) is 11.5 Å². The van der Waals surface area contributed by atoms with E-state index in [2.05, 4.69) is 9.97 Å². The number of hydrogen-bond donors (Lipinski definition) is 2. The highest BCUT2D eigenvalue weighted by atomic mass is 32.1. The number of phenols is 2. The number of imide groups is 1. The Morgan fingerprint density at radius 1 is 0.897 bits per heavy atom. The summed E-state index contributed by atoms with van der Waals surface area (Å²) in [6.07, 6.45) is 2.67. The van der Waals surface area contributed by atoms with Crippen LogP contribution in [0.2, 0.25) is 0 Å². The number of carbonyl (C=O) groups is 2. The first-order valence-electron chi connectivity index (χ1n) is 8.74. The average molecular weight is 403 g/mol. The Bertz CT molecular complexity index is 1240. The molecule has 0 unspecified atom stereocenters. The van der Waals surface area contributed by atoms with Gasteiger partial charge < -0.3 is 10.2 Å². The van der Waals surface area contributed by atoms with E-state index < -0.39 is 23.3 Å². The van der Waals surface area contributed by atoms with Gasteiger partial charge in [-0.1, -0.05) is 24.3 Å². The molecule has 1 aliphatic heterocycles. The molecule has 7 nitrogen and oxygen atoms in total. The van der Waals surface area contributed by atoms with Crippen molar-refractivity contribution in [1.82, 2.24) is 14.9 Å². The largest absolute Gasteiger partial charge is 0.505 e. The molecule has 0 bridgehead atoms. The van der Waals surface area contributed by atoms with Crippen LogP contribution in [0.1, 0.15) is 26.3 Å². The van der Waals surface area contributed by atoms with E-state index in [0.717, 1.165) is 20.9 Å². The lowest BCUT2D eigenvalue weighted by Gasteiger charge is -2.14. The minimum atomic E-state index is -0.674. The van der Waals surface area contributed by atoms with E-state index >= 15 is 0 Å². The molecule has 142 valence electrons. The number of aromatic nitrogens is 2. The predicted octanol–water partition coefficient (Wildman–Crippen LogP) is 3.57. The van der Waals surface area contributed by atoms with Gasteiger partial charge in [-0.2, -0.15) is 0 Å². The van der Waals surface area contributed by atoms with E-state index in [1.165, 1.54) is 12.4 Å². The number of fused-ring (bicyclic) bond motifs is 2.